The summed E-state index contributed by atoms with van der Waals surface area (Å²) >= 11 is 0. The first-order chi connectivity index (χ1) is 10.5. The van der Waals surface area contributed by atoms with Crippen molar-refractivity contribution < 1.29 is 4.74 Å². The first-order valence-corrected chi connectivity index (χ1v) is 8.81. The average molecular weight is 438 g/mol. The second-order valence-corrected chi connectivity index (χ2v) is 7.44. The van der Waals surface area contributed by atoms with Crippen LogP contribution in [-0.4, -0.2) is 62.3 Å². The molecular weight excluding hydrogens is 403 g/mol. The highest BCUT2D eigenvalue weighted by atomic mass is 127. The molecule has 0 spiro atoms. The quantitative estimate of drug-likeness (QED) is 0.402. The summed E-state index contributed by atoms with van der Waals surface area (Å²) < 4.78 is 5.45. The monoisotopic (exact) mass is 438 g/mol. The Hall–Kier alpha value is -0.0800. The predicted molar refractivity (Wildman–Crippen MR) is 108 cm³/mol. The summed E-state index contributed by atoms with van der Waals surface area (Å²) in [6.07, 6.45) is 5.17. The molecule has 2 fully saturated rings. The van der Waals surface area contributed by atoms with E-state index < -0.39 is 0 Å². The molecule has 0 aromatic heterocycles. The molecule has 0 atom stereocenters. The van der Waals surface area contributed by atoms with Gasteiger partial charge in [-0.1, -0.05) is 6.92 Å². The molecule has 5 nitrogen and oxygen atoms in total. The van der Waals surface area contributed by atoms with Crippen molar-refractivity contribution in [1.82, 2.24) is 15.5 Å². The summed E-state index contributed by atoms with van der Waals surface area (Å²) in [5, 5.41) is 7.12. The minimum absolute atomic E-state index is 0. The van der Waals surface area contributed by atoms with Crippen LogP contribution in [0.15, 0.2) is 4.99 Å². The second kappa shape index (κ2) is 10.0. The third-order valence-electron chi connectivity index (χ3n) is 5.14. The van der Waals surface area contributed by atoms with Gasteiger partial charge in [0.2, 0.25) is 0 Å². The van der Waals surface area contributed by atoms with Crippen molar-refractivity contribution in [2.75, 3.05) is 39.9 Å². The Balaban J connectivity index is 0.00000264. The first kappa shape index (κ1) is 21.0. The third-order valence-corrected chi connectivity index (χ3v) is 5.14. The molecule has 6 heteroatoms. The standard InChI is InChI=1S/C17H34N4O.HI/c1-14-5-7-15(8-6-14)20-16(18-4)19-13-17(2,3)21-9-11-22-12-10-21;/h14-15H,5-13H2,1-4H3,(H2,18,19,20);1H. The van der Waals surface area contributed by atoms with Crippen LogP contribution in [0.1, 0.15) is 46.5 Å². The summed E-state index contributed by atoms with van der Waals surface area (Å²) in [7, 11) is 1.86. The van der Waals surface area contributed by atoms with Gasteiger partial charge in [0.1, 0.15) is 0 Å². The molecule has 23 heavy (non-hydrogen) atoms. The van der Waals surface area contributed by atoms with Crippen LogP contribution in [0.5, 0.6) is 0 Å². The van der Waals surface area contributed by atoms with Gasteiger partial charge in [0.05, 0.1) is 13.2 Å². The van der Waals surface area contributed by atoms with Crippen molar-refractivity contribution >= 4 is 29.9 Å². The highest BCUT2D eigenvalue weighted by molar-refractivity contribution is 14.0. The zero-order valence-corrected chi connectivity index (χ0v) is 17.6. The van der Waals surface area contributed by atoms with Crippen molar-refractivity contribution in [2.24, 2.45) is 10.9 Å². The van der Waals surface area contributed by atoms with Gasteiger partial charge in [0.15, 0.2) is 5.96 Å². The maximum Gasteiger partial charge on any atom is 0.191 e. The largest absolute Gasteiger partial charge is 0.379 e. The molecule has 2 N–H and O–H groups in total. The van der Waals surface area contributed by atoms with Gasteiger partial charge < -0.3 is 15.4 Å². The summed E-state index contributed by atoms with van der Waals surface area (Å²) in [6.45, 7) is 11.6. The molecule has 0 aromatic carbocycles. The minimum atomic E-state index is 0. The van der Waals surface area contributed by atoms with Gasteiger partial charge in [-0.3, -0.25) is 9.89 Å². The Morgan fingerprint density at radius 3 is 2.35 bits per heavy atom. The minimum Gasteiger partial charge on any atom is -0.379 e. The number of halogens is 1. The Bertz CT molecular complexity index is 362. The van der Waals surface area contributed by atoms with Gasteiger partial charge in [0, 0.05) is 38.3 Å². The number of hydrogen-bond donors (Lipinski definition) is 2. The third kappa shape index (κ3) is 6.74. The zero-order chi connectivity index (χ0) is 16.0. The van der Waals surface area contributed by atoms with E-state index in [1.54, 1.807) is 0 Å². The van der Waals surface area contributed by atoms with E-state index in [1.165, 1.54) is 25.7 Å². The van der Waals surface area contributed by atoms with Crippen LogP contribution in [0.25, 0.3) is 0 Å². The zero-order valence-electron chi connectivity index (χ0n) is 15.2. The van der Waals surface area contributed by atoms with E-state index in [0.29, 0.717) is 6.04 Å². The Kier molecular flexibility index (Phi) is 9.15. The van der Waals surface area contributed by atoms with E-state index in [0.717, 1.165) is 44.7 Å². The van der Waals surface area contributed by atoms with Crippen LogP contribution < -0.4 is 10.6 Å². The van der Waals surface area contributed by atoms with Crippen LogP contribution >= 0.6 is 24.0 Å². The lowest BCUT2D eigenvalue weighted by atomic mass is 9.87. The molecule has 1 saturated carbocycles. The number of aliphatic imine (C=N–C) groups is 1. The molecule has 1 aliphatic carbocycles. The molecule has 0 amide bonds. The normalized spacial score (nSPS) is 27.2. The van der Waals surface area contributed by atoms with E-state index in [-0.39, 0.29) is 29.5 Å². The number of rotatable bonds is 4. The second-order valence-electron chi connectivity index (χ2n) is 7.44. The van der Waals surface area contributed by atoms with Crippen LogP contribution in [0, 0.1) is 5.92 Å². The molecule has 2 rings (SSSR count). The lowest BCUT2D eigenvalue weighted by molar-refractivity contribution is -0.00835. The van der Waals surface area contributed by atoms with E-state index in [2.05, 4.69) is 41.3 Å². The number of nitrogens with zero attached hydrogens (tertiary/aromatic N) is 2. The number of hydrogen-bond acceptors (Lipinski definition) is 3. The molecule has 1 heterocycles. The first-order valence-electron chi connectivity index (χ1n) is 8.81. The maximum absolute atomic E-state index is 5.45. The van der Waals surface area contributed by atoms with Crippen molar-refractivity contribution in [2.45, 2.75) is 58.0 Å². The van der Waals surface area contributed by atoms with Crippen molar-refractivity contribution in [1.29, 1.82) is 0 Å². The average Bonchev–Trinajstić information content (AvgIpc) is 2.54. The SMILES string of the molecule is CN=C(NCC(C)(C)N1CCOCC1)NC1CCC(C)CC1.I. The Labute approximate surface area is 159 Å². The van der Waals surface area contributed by atoms with Crippen molar-refractivity contribution in [3.63, 3.8) is 0 Å². The summed E-state index contributed by atoms with van der Waals surface area (Å²) in [4.78, 5) is 6.90. The van der Waals surface area contributed by atoms with Crippen molar-refractivity contribution in [3.8, 4) is 0 Å². The van der Waals surface area contributed by atoms with E-state index in [9.17, 15) is 0 Å². The molecule has 0 radical (unpaired) electrons. The summed E-state index contributed by atoms with van der Waals surface area (Å²) in [6, 6.07) is 0.578. The van der Waals surface area contributed by atoms with Gasteiger partial charge in [-0.2, -0.15) is 0 Å². The smallest absolute Gasteiger partial charge is 0.191 e. The van der Waals surface area contributed by atoms with E-state index in [4.69, 9.17) is 4.74 Å². The van der Waals surface area contributed by atoms with Gasteiger partial charge in [0.25, 0.3) is 0 Å². The molecular formula is C17H35IN4O. The van der Waals surface area contributed by atoms with Crippen LogP contribution in [0.3, 0.4) is 0 Å². The molecule has 0 aromatic rings. The highest BCUT2D eigenvalue weighted by Gasteiger charge is 2.28. The fourth-order valence-electron chi connectivity index (χ4n) is 3.37. The molecule has 0 bridgehead atoms. The molecule has 1 saturated heterocycles. The number of nitrogens with one attached hydrogen (secondary N) is 2. The van der Waals surface area contributed by atoms with Crippen molar-refractivity contribution in [3.05, 3.63) is 0 Å². The lowest BCUT2D eigenvalue weighted by Crippen LogP contribution is -2.57. The summed E-state index contributed by atoms with van der Waals surface area (Å²) in [5.41, 5.74) is 0.114. The maximum atomic E-state index is 5.45. The number of morpholine rings is 1. The van der Waals surface area contributed by atoms with Crippen LogP contribution in [-0.2, 0) is 4.74 Å². The predicted octanol–water partition coefficient (Wildman–Crippen LogP) is 2.46. The van der Waals surface area contributed by atoms with Crippen LogP contribution in [0.4, 0.5) is 0 Å². The number of guanidine groups is 1. The highest BCUT2D eigenvalue weighted by Crippen LogP contribution is 2.23. The molecule has 2 aliphatic rings. The Morgan fingerprint density at radius 1 is 1.17 bits per heavy atom. The molecule has 1 aliphatic heterocycles. The fourth-order valence-corrected chi connectivity index (χ4v) is 3.37. The van der Waals surface area contributed by atoms with Gasteiger partial charge in [-0.25, -0.2) is 0 Å². The van der Waals surface area contributed by atoms with Gasteiger partial charge >= 0.3 is 0 Å². The van der Waals surface area contributed by atoms with Crippen LogP contribution in [0.2, 0.25) is 0 Å². The van der Waals surface area contributed by atoms with E-state index >= 15 is 0 Å². The number of ether oxygens (including phenoxy) is 1. The van der Waals surface area contributed by atoms with E-state index in [1.807, 2.05) is 7.05 Å². The van der Waals surface area contributed by atoms with Gasteiger partial charge in [-0.15, -0.1) is 24.0 Å². The lowest BCUT2D eigenvalue weighted by Gasteiger charge is -2.41. The molecule has 0 unspecified atom stereocenters. The summed E-state index contributed by atoms with van der Waals surface area (Å²) in [5.74, 6) is 1.83. The van der Waals surface area contributed by atoms with Gasteiger partial charge in [-0.05, 0) is 45.4 Å². The Morgan fingerprint density at radius 2 is 1.78 bits per heavy atom. The fraction of sp³-hybridized carbons (Fsp3) is 0.941. The topological polar surface area (TPSA) is 48.9 Å². The molecule has 136 valence electrons.